The van der Waals surface area contributed by atoms with E-state index in [1.807, 2.05) is 13.0 Å². The molecule has 0 aliphatic carbocycles. The lowest BCUT2D eigenvalue weighted by atomic mass is 10.2. The summed E-state index contributed by atoms with van der Waals surface area (Å²) in [5, 5.41) is 13.5. The Balaban J connectivity index is 2.07. The molecule has 0 aliphatic heterocycles. The molecule has 0 fully saturated rings. The van der Waals surface area contributed by atoms with Gasteiger partial charge in [-0.3, -0.25) is 0 Å². The van der Waals surface area contributed by atoms with E-state index in [1.54, 1.807) is 48.5 Å². The predicted molar refractivity (Wildman–Crippen MR) is 124 cm³/mol. The van der Waals surface area contributed by atoms with Crippen molar-refractivity contribution in [2.45, 2.75) is 17.6 Å². The largest absolute Gasteiger partial charge is 0.348 e. The number of aryl methyl sites for hydroxylation is 1. The molecular formula is C23H18ClFN2O2S2. The van der Waals surface area contributed by atoms with Crippen LogP contribution in [-0.4, -0.2) is 8.42 Å². The van der Waals surface area contributed by atoms with E-state index in [0.717, 1.165) is 22.9 Å². The molecule has 0 unspecified atom stereocenters. The average molecular weight is 473 g/mol. The van der Waals surface area contributed by atoms with Gasteiger partial charge in [-0.1, -0.05) is 48.0 Å². The molecule has 8 heteroatoms. The molecule has 0 spiro atoms. The van der Waals surface area contributed by atoms with Crippen LogP contribution in [0.4, 0.5) is 10.1 Å². The van der Waals surface area contributed by atoms with Gasteiger partial charge in [-0.2, -0.15) is 5.26 Å². The summed E-state index contributed by atoms with van der Waals surface area (Å²) >= 11 is 7.25. The third-order valence-electron chi connectivity index (χ3n) is 4.37. The number of nitrogens with zero attached hydrogens (tertiary/aromatic N) is 1. The minimum absolute atomic E-state index is 0.0241. The molecule has 0 radical (unpaired) electrons. The van der Waals surface area contributed by atoms with Gasteiger partial charge in [0.05, 0.1) is 4.90 Å². The van der Waals surface area contributed by atoms with Crippen LogP contribution in [-0.2, 0) is 15.6 Å². The second kappa shape index (κ2) is 10.0. The summed E-state index contributed by atoms with van der Waals surface area (Å²) in [7, 11) is -4.06. The first-order valence-electron chi connectivity index (χ1n) is 9.16. The minimum atomic E-state index is -4.06. The summed E-state index contributed by atoms with van der Waals surface area (Å²) in [5.41, 5.74) is 2.20. The maximum Gasteiger partial charge on any atom is 0.219 e. The molecule has 158 valence electrons. The molecule has 0 aromatic heterocycles. The molecule has 4 nitrogen and oxygen atoms in total. The van der Waals surface area contributed by atoms with E-state index in [1.165, 1.54) is 24.3 Å². The number of allylic oxidation sites excluding steroid dienone is 1. The summed E-state index contributed by atoms with van der Waals surface area (Å²) in [6, 6.07) is 20.7. The van der Waals surface area contributed by atoms with Crippen LogP contribution in [0.1, 0.15) is 11.1 Å². The van der Waals surface area contributed by atoms with E-state index in [-0.39, 0.29) is 15.7 Å². The predicted octanol–water partition coefficient (Wildman–Crippen LogP) is 6.30. The van der Waals surface area contributed by atoms with E-state index in [9.17, 15) is 18.1 Å². The highest BCUT2D eigenvalue weighted by molar-refractivity contribution is 8.04. The van der Waals surface area contributed by atoms with Gasteiger partial charge in [-0.15, -0.1) is 11.8 Å². The van der Waals surface area contributed by atoms with Crippen LogP contribution in [0, 0.1) is 24.1 Å². The number of hydrogen-bond donors (Lipinski definition) is 1. The molecule has 3 aromatic carbocycles. The molecule has 0 aliphatic rings. The Bertz CT molecular complexity index is 1250. The van der Waals surface area contributed by atoms with Crippen LogP contribution in [0.3, 0.4) is 0 Å². The SMILES string of the molecule is Cc1ccc(Cl)cc1N/C(SCc1ccc(F)cc1)=C(/C#N)S(=O)(=O)c1ccccc1. The summed E-state index contributed by atoms with van der Waals surface area (Å²) in [6.07, 6.45) is 0. The van der Waals surface area contributed by atoms with E-state index in [4.69, 9.17) is 11.6 Å². The fourth-order valence-corrected chi connectivity index (χ4v) is 5.40. The smallest absolute Gasteiger partial charge is 0.219 e. The second-order valence-corrected chi connectivity index (χ2v) is 9.89. The molecule has 0 saturated heterocycles. The highest BCUT2D eigenvalue weighted by atomic mass is 35.5. The van der Waals surface area contributed by atoms with Crippen molar-refractivity contribution in [3.05, 3.63) is 105 Å². The van der Waals surface area contributed by atoms with Crippen molar-refractivity contribution >= 4 is 38.9 Å². The van der Waals surface area contributed by atoms with Crippen molar-refractivity contribution in [3.8, 4) is 6.07 Å². The fraction of sp³-hybridized carbons (Fsp3) is 0.0870. The first-order valence-corrected chi connectivity index (χ1v) is 12.0. The molecule has 0 amide bonds. The lowest BCUT2D eigenvalue weighted by Gasteiger charge is -2.16. The number of nitrogens with one attached hydrogen (secondary N) is 1. The number of benzene rings is 3. The van der Waals surface area contributed by atoms with Gasteiger partial charge in [0.2, 0.25) is 9.84 Å². The van der Waals surface area contributed by atoms with E-state index < -0.39 is 14.7 Å². The Morgan fingerprint density at radius 1 is 1.10 bits per heavy atom. The Morgan fingerprint density at radius 3 is 2.42 bits per heavy atom. The first-order chi connectivity index (χ1) is 14.8. The van der Waals surface area contributed by atoms with Crippen molar-refractivity contribution in [3.63, 3.8) is 0 Å². The molecule has 3 aromatic rings. The maximum absolute atomic E-state index is 13.2. The molecule has 1 N–H and O–H groups in total. The number of halogens is 2. The standard InChI is InChI=1S/C23H18ClFN2O2S2/c1-16-7-10-18(24)13-21(16)27-23(30-15-17-8-11-19(25)12-9-17)22(14-26)31(28,29)20-5-3-2-4-6-20/h2-13,27H,15H2,1H3/b23-22+. The van der Waals surface area contributed by atoms with E-state index in [0.29, 0.717) is 16.5 Å². The van der Waals surface area contributed by atoms with Crippen molar-refractivity contribution < 1.29 is 12.8 Å². The number of hydrogen-bond acceptors (Lipinski definition) is 5. The Morgan fingerprint density at radius 2 is 1.77 bits per heavy atom. The van der Waals surface area contributed by atoms with Gasteiger partial charge in [0.15, 0.2) is 4.91 Å². The number of nitriles is 1. The van der Waals surface area contributed by atoms with Crippen LogP contribution in [0.15, 0.2) is 87.6 Å². The van der Waals surface area contributed by atoms with Crippen molar-refractivity contribution in [1.82, 2.24) is 0 Å². The highest BCUT2D eigenvalue weighted by Crippen LogP contribution is 2.33. The van der Waals surface area contributed by atoms with Gasteiger partial charge in [-0.05, 0) is 54.4 Å². The number of sulfone groups is 1. The molecule has 31 heavy (non-hydrogen) atoms. The van der Waals surface area contributed by atoms with E-state index in [2.05, 4.69) is 5.32 Å². The topological polar surface area (TPSA) is 70.0 Å². The zero-order valence-electron chi connectivity index (χ0n) is 16.5. The molecule has 0 heterocycles. The highest BCUT2D eigenvalue weighted by Gasteiger charge is 2.25. The van der Waals surface area contributed by atoms with Gasteiger partial charge >= 0.3 is 0 Å². The summed E-state index contributed by atoms with van der Waals surface area (Å²) in [5.74, 6) is -0.0286. The average Bonchev–Trinajstić information content (AvgIpc) is 2.76. The summed E-state index contributed by atoms with van der Waals surface area (Å²) < 4.78 is 39.6. The fourth-order valence-electron chi connectivity index (χ4n) is 2.70. The van der Waals surface area contributed by atoms with Crippen LogP contribution < -0.4 is 5.32 Å². The second-order valence-electron chi connectivity index (χ2n) is 6.59. The van der Waals surface area contributed by atoms with Crippen LogP contribution in [0.5, 0.6) is 0 Å². The zero-order valence-corrected chi connectivity index (χ0v) is 18.9. The summed E-state index contributed by atoms with van der Waals surface area (Å²) in [4.78, 5) is -0.374. The number of rotatable bonds is 7. The molecule has 3 rings (SSSR count). The third kappa shape index (κ3) is 5.67. The monoisotopic (exact) mass is 472 g/mol. The Kier molecular flexibility index (Phi) is 7.39. The van der Waals surface area contributed by atoms with Crippen LogP contribution >= 0.6 is 23.4 Å². The molecule has 0 bridgehead atoms. The van der Waals surface area contributed by atoms with Crippen LogP contribution in [0.25, 0.3) is 0 Å². The number of thioether (sulfide) groups is 1. The van der Waals surface area contributed by atoms with Gasteiger partial charge in [0.25, 0.3) is 0 Å². The van der Waals surface area contributed by atoms with Gasteiger partial charge < -0.3 is 5.32 Å². The lowest BCUT2D eigenvalue weighted by Crippen LogP contribution is -2.10. The maximum atomic E-state index is 13.2. The Labute approximate surface area is 190 Å². The first kappa shape index (κ1) is 22.9. The van der Waals surface area contributed by atoms with Crippen LogP contribution in [0.2, 0.25) is 5.02 Å². The third-order valence-corrected chi connectivity index (χ3v) is 7.54. The zero-order chi connectivity index (χ0) is 22.4. The molecule has 0 saturated carbocycles. The van der Waals surface area contributed by atoms with Gasteiger partial charge in [0.1, 0.15) is 16.9 Å². The Hall–Kier alpha value is -2.79. The van der Waals surface area contributed by atoms with Crippen molar-refractivity contribution in [2.75, 3.05) is 5.32 Å². The number of anilines is 1. The quantitative estimate of drug-likeness (QED) is 0.408. The molecule has 0 atom stereocenters. The minimum Gasteiger partial charge on any atom is -0.348 e. The normalized spacial score (nSPS) is 12.1. The van der Waals surface area contributed by atoms with Crippen molar-refractivity contribution in [1.29, 1.82) is 5.26 Å². The van der Waals surface area contributed by atoms with Gasteiger partial charge in [0, 0.05) is 16.5 Å². The van der Waals surface area contributed by atoms with E-state index >= 15 is 0 Å². The van der Waals surface area contributed by atoms with Crippen molar-refractivity contribution in [2.24, 2.45) is 0 Å². The van der Waals surface area contributed by atoms with Gasteiger partial charge in [-0.25, -0.2) is 12.8 Å². The summed E-state index contributed by atoms with van der Waals surface area (Å²) in [6.45, 7) is 1.85. The molecular weight excluding hydrogens is 455 g/mol. The lowest BCUT2D eigenvalue weighted by molar-refractivity contribution is 0.603.